The number of pyridine rings is 1. The summed E-state index contributed by atoms with van der Waals surface area (Å²) in [5.41, 5.74) is 0.952. The van der Waals surface area contributed by atoms with E-state index in [2.05, 4.69) is 4.98 Å². The summed E-state index contributed by atoms with van der Waals surface area (Å²) in [6.07, 6.45) is 1.40. The molecule has 0 aromatic carbocycles. The number of hydrogen-bond acceptors (Lipinski definition) is 3. The first-order chi connectivity index (χ1) is 6.75. The topological polar surface area (TPSA) is 42.4 Å². The third-order valence-electron chi connectivity index (χ3n) is 2.01. The monoisotopic (exact) mass is 212 g/mol. The predicted octanol–water partition coefficient (Wildman–Crippen LogP) is 1.69. The van der Waals surface area contributed by atoms with Crippen LogP contribution in [0.5, 0.6) is 0 Å². The van der Waals surface area contributed by atoms with Crippen LogP contribution in [0.4, 0.5) is 4.79 Å². The second kappa shape index (κ2) is 3.84. The zero-order valence-corrected chi connectivity index (χ0v) is 8.20. The minimum Gasteiger partial charge on any atom is -0.448 e. The minimum atomic E-state index is -0.264. The van der Waals surface area contributed by atoms with Crippen molar-refractivity contribution in [3.8, 4) is 0 Å². The number of rotatable bonds is 2. The Morgan fingerprint density at radius 2 is 2.43 bits per heavy atom. The molecule has 0 N–H and O–H groups in total. The summed E-state index contributed by atoms with van der Waals surface area (Å²) in [5.74, 6) is 0. The lowest BCUT2D eigenvalue weighted by atomic mass is 10.3. The molecule has 0 bridgehead atoms. The fourth-order valence-electron chi connectivity index (χ4n) is 1.29. The average molecular weight is 213 g/mol. The third kappa shape index (κ3) is 1.96. The number of nitrogens with zero attached hydrogens (tertiary/aromatic N) is 2. The average Bonchev–Trinajstić information content (AvgIpc) is 2.56. The van der Waals surface area contributed by atoms with Gasteiger partial charge in [0.25, 0.3) is 0 Å². The van der Waals surface area contributed by atoms with Gasteiger partial charge in [-0.25, -0.2) is 9.78 Å². The number of hydrogen-bond donors (Lipinski definition) is 0. The summed E-state index contributed by atoms with van der Waals surface area (Å²) in [7, 11) is 0. The third-order valence-corrected chi connectivity index (χ3v) is 2.23. The van der Waals surface area contributed by atoms with Crippen molar-refractivity contribution >= 4 is 17.7 Å². The van der Waals surface area contributed by atoms with Gasteiger partial charge in [0.15, 0.2) is 0 Å². The van der Waals surface area contributed by atoms with Crippen molar-refractivity contribution in [2.45, 2.75) is 6.54 Å². The van der Waals surface area contributed by atoms with Crippen LogP contribution in [-0.4, -0.2) is 29.1 Å². The Balaban J connectivity index is 2.03. The lowest BCUT2D eigenvalue weighted by Crippen LogP contribution is -2.23. The Labute approximate surface area is 86.4 Å². The normalized spacial score (nSPS) is 15.8. The van der Waals surface area contributed by atoms with Crippen LogP contribution in [-0.2, 0) is 11.3 Å². The van der Waals surface area contributed by atoms with Crippen LogP contribution < -0.4 is 0 Å². The second-order valence-electron chi connectivity index (χ2n) is 3.03. The first kappa shape index (κ1) is 9.27. The number of halogens is 1. The molecule has 1 aliphatic rings. The Kier molecular flexibility index (Phi) is 2.54. The molecule has 4 nitrogen and oxygen atoms in total. The molecule has 0 radical (unpaired) electrons. The molecule has 0 spiro atoms. The van der Waals surface area contributed by atoms with Gasteiger partial charge >= 0.3 is 6.09 Å². The van der Waals surface area contributed by atoms with Crippen molar-refractivity contribution in [3.05, 3.63) is 29.0 Å². The van der Waals surface area contributed by atoms with Gasteiger partial charge in [0.1, 0.15) is 11.8 Å². The van der Waals surface area contributed by atoms with Gasteiger partial charge in [0.2, 0.25) is 0 Å². The van der Waals surface area contributed by atoms with E-state index in [-0.39, 0.29) is 6.09 Å². The van der Waals surface area contributed by atoms with Crippen LogP contribution in [0.3, 0.4) is 0 Å². The molecular weight excluding hydrogens is 204 g/mol. The molecule has 2 heterocycles. The van der Waals surface area contributed by atoms with E-state index >= 15 is 0 Å². The number of aromatic nitrogens is 1. The van der Waals surface area contributed by atoms with E-state index in [0.717, 1.165) is 5.56 Å². The molecule has 14 heavy (non-hydrogen) atoms. The number of carbonyl (C=O) groups excluding carboxylic acids is 1. The van der Waals surface area contributed by atoms with Gasteiger partial charge in [-0.2, -0.15) is 0 Å². The largest absolute Gasteiger partial charge is 0.448 e. The first-order valence-corrected chi connectivity index (χ1v) is 4.65. The highest BCUT2D eigenvalue weighted by Gasteiger charge is 2.21. The Morgan fingerprint density at radius 1 is 1.57 bits per heavy atom. The zero-order chi connectivity index (χ0) is 9.97. The Morgan fingerprint density at radius 3 is 3.00 bits per heavy atom. The molecule has 0 unspecified atom stereocenters. The maximum absolute atomic E-state index is 11.1. The summed E-state index contributed by atoms with van der Waals surface area (Å²) in [5, 5.41) is 0.456. The summed E-state index contributed by atoms with van der Waals surface area (Å²) >= 11 is 5.64. The molecule has 1 amide bonds. The van der Waals surface area contributed by atoms with E-state index in [1.165, 1.54) is 0 Å². The van der Waals surface area contributed by atoms with E-state index in [4.69, 9.17) is 16.3 Å². The molecule has 2 rings (SSSR count). The van der Waals surface area contributed by atoms with Gasteiger partial charge in [0, 0.05) is 6.20 Å². The number of amides is 1. The molecule has 1 aliphatic heterocycles. The quantitative estimate of drug-likeness (QED) is 0.701. The Bertz CT molecular complexity index is 339. The maximum atomic E-state index is 11.1. The molecule has 0 saturated carbocycles. The highest BCUT2D eigenvalue weighted by atomic mass is 35.5. The van der Waals surface area contributed by atoms with Crippen LogP contribution in [0.2, 0.25) is 5.15 Å². The molecule has 1 aromatic rings. The van der Waals surface area contributed by atoms with Crippen LogP contribution in [0.1, 0.15) is 5.56 Å². The van der Waals surface area contributed by atoms with Gasteiger partial charge in [-0.05, 0) is 11.6 Å². The van der Waals surface area contributed by atoms with Crippen molar-refractivity contribution < 1.29 is 9.53 Å². The zero-order valence-electron chi connectivity index (χ0n) is 7.44. The summed E-state index contributed by atoms with van der Waals surface area (Å²) in [6.45, 7) is 1.64. The predicted molar refractivity (Wildman–Crippen MR) is 51.0 cm³/mol. The summed E-state index contributed by atoms with van der Waals surface area (Å²) < 4.78 is 4.80. The van der Waals surface area contributed by atoms with Crippen LogP contribution in [0, 0.1) is 0 Å². The molecular formula is C9H9ClN2O2. The van der Waals surface area contributed by atoms with E-state index < -0.39 is 0 Å². The summed E-state index contributed by atoms with van der Waals surface area (Å²) in [6, 6.07) is 3.55. The first-order valence-electron chi connectivity index (χ1n) is 4.28. The smallest absolute Gasteiger partial charge is 0.410 e. The lowest BCUT2D eigenvalue weighted by Gasteiger charge is -2.11. The molecule has 5 heteroatoms. The second-order valence-corrected chi connectivity index (χ2v) is 3.41. The van der Waals surface area contributed by atoms with Crippen molar-refractivity contribution in [2.75, 3.05) is 13.2 Å². The number of ether oxygens (including phenoxy) is 1. The molecule has 1 saturated heterocycles. The highest BCUT2D eigenvalue weighted by Crippen LogP contribution is 2.11. The fourth-order valence-corrected chi connectivity index (χ4v) is 1.40. The van der Waals surface area contributed by atoms with E-state index in [1.807, 2.05) is 6.07 Å². The maximum Gasteiger partial charge on any atom is 0.410 e. The molecule has 1 fully saturated rings. The number of cyclic esters (lactones) is 1. The molecule has 0 atom stereocenters. The Hall–Kier alpha value is -1.29. The van der Waals surface area contributed by atoms with Crippen molar-refractivity contribution in [2.24, 2.45) is 0 Å². The highest BCUT2D eigenvalue weighted by molar-refractivity contribution is 6.29. The van der Waals surface area contributed by atoms with E-state index in [9.17, 15) is 4.79 Å². The van der Waals surface area contributed by atoms with E-state index in [0.29, 0.717) is 24.8 Å². The summed E-state index contributed by atoms with van der Waals surface area (Å²) in [4.78, 5) is 16.7. The molecule has 0 aliphatic carbocycles. The standard InChI is InChI=1S/C9H9ClN2O2/c10-8-2-1-7(5-11-8)6-12-3-4-14-9(12)13/h1-2,5H,3-4,6H2. The van der Waals surface area contributed by atoms with Crippen molar-refractivity contribution in [1.29, 1.82) is 0 Å². The van der Waals surface area contributed by atoms with Crippen LogP contribution in [0.25, 0.3) is 0 Å². The lowest BCUT2D eigenvalue weighted by molar-refractivity contribution is 0.157. The van der Waals surface area contributed by atoms with Gasteiger partial charge in [0.05, 0.1) is 13.1 Å². The van der Waals surface area contributed by atoms with Gasteiger partial charge in [-0.15, -0.1) is 0 Å². The molecule has 1 aromatic heterocycles. The van der Waals surface area contributed by atoms with Crippen LogP contribution in [0.15, 0.2) is 18.3 Å². The van der Waals surface area contributed by atoms with Gasteiger partial charge in [-0.1, -0.05) is 17.7 Å². The van der Waals surface area contributed by atoms with Crippen molar-refractivity contribution in [3.63, 3.8) is 0 Å². The van der Waals surface area contributed by atoms with E-state index in [1.54, 1.807) is 17.2 Å². The fraction of sp³-hybridized carbons (Fsp3) is 0.333. The van der Waals surface area contributed by atoms with Crippen LogP contribution >= 0.6 is 11.6 Å². The van der Waals surface area contributed by atoms with Gasteiger partial charge in [-0.3, -0.25) is 0 Å². The van der Waals surface area contributed by atoms with Crippen molar-refractivity contribution in [1.82, 2.24) is 9.88 Å². The minimum absolute atomic E-state index is 0.264. The SMILES string of the molecule is O=C1OCCN1Cc1ccc(Cl)nc1. The number of carbonyl (C=O) groups is 1. The van der Waals surface area contributed by atoms with Gasteiger partial charge < -0.3 is 9.64 Å². The molecule has 74 valence electrons.